The predicted molar refractivity (Wildman–Crippen MR) is 47.2 cm³/mol. The van der Waals surface area contributed by atoms with Gasteiger partial charge in [-0.15, -0.1) is 0 Å². The number of rotatable bonds is 2. The number of aliphatic hydroxyl groups excluding tert-OH is 1. The predicted octanol–water partition coefficient (Wildman–Crippen LogP) is -0.123. The normalized spacial score (nSPS) is 11.6. The summed E-state index contributed by atoms with van der Waals surface area (Å²) in [4.78, 5) is 0. The third-order valence-electron chi connectivity index (χ3n) is 1.92. The molecule has 0 unspecified atom stereocenters. The lowest BCUT2D eigenvalue weighted by atomic mass is 9.76. The molecule has 0 saturated heterocycles. The minimum atomic E-state index is -4.51. The highest BCUT2D eigenvalue weighted by atomic mass is 19.4. The molecule has 3 nitrogen and oxygen atoms in total. The lowest BCUT2D eigenvalue weighted by Crippen LogP contribution is -2.33. The van der Waals surface area contributed by atoms with E-state index in [1.165, 1.54) is 0 Å². The van der Waals surface area contributed by atoms with Crippen LogP contribution >= 0.6 is 0 Å². The zero-order chi connectivity index (χ0) is 11.6. The molecule has 0 aromatic heterocycles. The van der Waals surface area contributed by atoms with Crippen LogP contribution in [0.25, 0.3) is 0 Å². The smallest absolute Gasteiger partial charge is 0.423 e. The first-order valence-corrected chi connectivity index (χ1v) is 4.03. The van der Waals surface area contributed by atoms with Crippen molar-refractivity contribution in [3.8, 4) is 0 Å². The zero-order valence-corrected chi connectivity index (χ0v) is 7.49. The first kappa shape index (κ1) is 12.0. The van der Waals surface area contributed by atoms with E-state index in [-0.39, 0.29) is 11.0 Å². The molecule has 0 heterocycles. The van der Waals surface area contributed by atoms with Crippen molar-refractivity contribution in [2.24, 2.45) is 0 Å². The van der Waals surface area contributed by atoms with Crippen LogP contribution in [0, 0.1) is 0 Å². The summed E-state index contributed by atoms with van der Waals surface area (Å²) in [6, 6.07) is 2.35. The molecule has 0 atom stereocenters. The molecule has 0 amide bonds. The standard InChI is InChI=1S/C8H8BF3O3/c10-8(11,12)6-1-2-7(9(14)15)5(3-6)4-13/h1-3,13-15H,4H2. The van der Waals surface area contributed by atoms with Crippen molar-refractivity contribution in [2.75, 3.05) is 0 Å². The molecule has 15 heavy (non-hydrogen) atoms. The molecular formula is C8H8BF3O3. The Morgan fingerprint density at radius 3 is 2.20 bits per heavy atom. The van der Waals surface area contributed by atoms with Crippen molar-refractivity contribution in [2.45, 2.75) is 12.8 Å². The van der Waals surface area contributed by atoms with E-state index in [4.69, 9.17) is 15.2 Å². The second kappa shape index (κ2) is 4.22. The molecular weight excluding hydrogens is 212 g/mol. The van der Waals surface area contributed by atoms with Gasteiger partial charge in [-0.3, -0.25) is 0 Å². The monoisotopic (exact) mass is 220 g/mol. The van der Waals surface area contributed by atoms with Crippen LogP contribution in [-0.2, 0) is 12.8 Å². The molecule has 1 rings (SSSR count). The Morgan fingerprint density at radius 2 is 1.80 bits per heavy atom. The molecule has 0 radical (unpaired) electrons. The second-order valence-corrected chi connectivity index (χ2v) is 2.94. The van der Waals surface area contributed by atoms with Gasteiger partial charge in [0.05, 0.1) is 12.2 Å². The fraction of sp³-hybridized carbons (Fsp3) is 0.250. The second-order valence-electron chi connectivity index (χ2n) is 2.94. The van der Waals surface area contributed by atoms with Gasteiger partial charge in [0, 0.05) is 0 Å². The Hall–Kier alpha value is -1.05. The Labute approximate surface area is 83.9 Å². The lowest BCUT2D eigenvalue weighted by Gasteiger charge is -2.11. The Balaban J connectivity index is 3.19. The summed E-state index contributed by atoms with van der Waals surface area (Å²) in [6.45, 7) is -0.684. The van der Waals surface area contributed by atoms with E-state index in [1.807, 2.05) is 0 Å². The van der Waals surface area contributed by atoms with Gasteiger partial charge in [0.2, 0.25) is 0 Å². The van der Waals surface area contributed by atoms with Gasteiger partial charge in [0.25, 0.3) is 0 Å². The highest BCUT2D eigenvalue weighted by Crippen LogP contribution is 2.29. The summed E-state index contributed by atoms with van der Waals surface area (Å²) >= 11 is 0. The van der Waals surface area contributed by atoms with Gasteiger partial charge in [0.1, 0.15) is 0 Å². The Kier molecular flexibility index (Phi) is 3.38. The van der Waals surface area contributed by atoms with Crippen LogP contribution in [0.3, 0.4) is 0 Å². The van der Waals surface area contributed by atoms with Gasteiger partial charge < -0.3 is 15.2 Å². The van der Waals surface area contributed by atoms with E-state index in [9.17, 15) is 13.2 Å². The summed E-state index contributed by atoms with van der Waals surface area (Å²) in [6.07, 6.45) is -4.51. The van der Waals surface area contributed by atoms with E-state index in [0.717, 1.165) is 12.1 Å². The molecule has 0 fully saturated rings. The van der Waals surface area contributed by atoms with Crippen molar-refractivity contribution in [1.82, 2.24) is 0 Å². The van der Waals surface area contributed by atoms with Gasteiger partial charge in [-0.05, 0) is 17.1 Å². The van der Waals surface area contributed by atoms with E-state index >= 15 is 0 Å². The lowest BCUT2D eigenvalue weighted by molar-refractivity contribution is -0.137. The van der Waals surface area contributed by atoms with Gasteiger partial charge in [-0.1, -0.05) is 12.1 Å². The number of halogens is 3. The van der Waals surface area contributed by atoms with Crippen molar-refractivity contribution in [1.29, 1.82) is 0 Å². The van der Waals surface area contributed by atoms with Crippen molar-refractivity contribution in [3.05, 3.63) is 29.3 Å². The summed E-state index contributed by atoms with van der Waals surface area (Å²) in [5.74, 6) is 0. The number of alkyl halides is 3. The minimum absolute atomic E-state index is 0.134. The average molecular weight is 220 g/mol. The van der Waals surface area contributed by atoms with Gasteiger partial charge >= 0.3 is 13.3 Å². The average Bonchev–Trinajstić information content (AvgIpc) is 2.15. The quantitative estimate of drug-likeness (QED) is 0.608. The van der Waals surface area contributed by atoms with Crippen LogP contribution in [0.5, 0.6) is 0 Å². The topological polar surface area (TPSA) is 60.7 Å². The molecule has 0 saturated carbocycles. The number of hydrogen-bond acceptors (Lipinski definition) is 3. The number of aliphatic hydroxyl groups is 1. The molecule has 0 bridgehead atoms. The van der Waals surface area contributed by atoms with E-state index in [0.29, 0.717) is 6.07 Å². The first-order chi connectivity index (χ1) is 6.86. The number of hydrogen-bond donors (Lipinski definition) is 3. The van der Waals surface area contributed by atoms with Crippen LogP contribution in [0.1, 0.15) is 11.1 Å². The molecule has 0 aliphatic rings. The third-order valence-corrected chi connectivity index (χ3v) is 1.92. The fourth-order valence-corrected chi connectivity index (χ4v) is 1.17. The molecule has 7 heteroatoms. The molecule has 1 aromatic carbocycles. The van der Waals surface area contributed by atoms with Gasteiger partial charge in [0.15, 0.2) is 0 Å². The van der Waals surface area contributed by atoms with Crippen molar-refractivity contribution < 1.29 is 28.3 Å². The molecule has 1 aromatic rings. The van der Waals surface area contributed by atoms with E-state index < -0.39 is 25.5 Å². The molecule has 3 N–H and O–H groups in total. The molecule has 82 valence electrons. The minimum Gasteiger partial charge on any atom is -0.423 e. The summed E-state index contributed by atoms with van der Waals surface area (Å²) in [7, 11) is -1.89. The first-order valence-electron chi connectivity index (χ1n) is 4.03. The van der Waals surface area contributed by atoms with Crippen LogP contribution in [0.15, 0.2) is 18.2 Å². The highest BCUT2D eigenvalue weighted by molar-refractivity contribution is 6.59. The molecule has 0 aliphatic carbocycles. The van der Waals surface area contributed by atoms with E-state index in [1.54, 1.807) is 0 Å². The van der Waals surface area contributed by atoms with Crippen LogP contribution in [0.4, 0.5) is 13.2 Å². The summed E-state index contributed by atoms with van der Waals surface area (Å²) in [5.41, 5.74) is -1.22. The SMILES string of the molecule is OCc1cc(C(F)(F)F)ccc1B(O)O. The van der Waals surface area contributed by atoms with Crippen LogP contribution < -0.4 is 5.46 Å². The van der Waals surface area contributed by atoms with Crippen molar-refractivity contribution in [3.63, 3.8) is 0 Å². The molecule has 0 aliphatic heterocycles. The highest BCUT2D eigenvalue weighted by Gasteiger charge is 2.31. The maximum Gasteiger partial charge on any atom is 0.488 e. The fourth-order valence-electron chi connectivity index (χ4n) is 1.17. The van der Waals surface area contributed by atoms with Gasteiger partial charge in [-0.25, -0.2) is 0 Å². The van der Waals surface area contributed by atoms with Crippen molar-refractivity contribution >= 4 is 12.6 Å². The Bertz CT molecular complexity index is 351. The summed E-state index contributed by atoms with van der Waals surface area (Å²) < 4.78 is 36.7. The van der Waals surface area contributed by atoms with Crippen LogP contribution in [-0.4, -0.2) is 22.3 Å². The number of benzene rings is 1. The van der Waals surface area contributed by atoms with Gasteiger partial charge in [-0.2, -0.15) is 13.2 Å². The Morgan fingerprint density at radius 1 is 1.20 bits per heavy atom. The third kappa shape index (κ3) is 2.71. The zero-order valence-electron chi connectivity index (χ0n) is 7.49. The maximum atomic E-state index is 12.2. The van der Waals surface area contributed by atoms with E-state index in [2.05, 4.69) is 0 Å². The summed E-state index contributed by atoms with van der Waals surface area (Å²) in [5, 5.41) is 26.4. The largest absolute Gasteiger partial charge is 0.488 e. The molecule has 0 spiro atoms. The maximum absolute atomic E-state index is 12.2. The van der Waals surface area contributed by atoms with Crippen LogP contribution in [0.2, 0.25) is 0 Å².